The Balaban J connectivity index is 2.29. The molecule has 0 bridgehead atoms. The number of hydrogen-bond donors (Lipinski definition) is 1. The van der Waals surface area contributed by atoms with Crippen LogP contribution in [0.15, 0.2) is 36.8 Å². The van der Waals surface area contributed by atoms with Gasteiger partial charge in [-0.2, -0.15) is 0 Å². The number of hydrogen-bond acceptors (Lipinski definition) is 2. The Hall–Kier alpha value is -1.61. The molecular formula is C12H15N3. The number of benzene rings is 1. The zero-order valence-electron chi connectivity index (χ0n) is 8.85. The predicted molar refractivity (Wildman–Crippen MR) is 61.1 cm³/mol. The zero-order chi connectivity index (χ0) is 10.7. The predicted octanol–water partition coefficient (Wildman–Crippen LogP) is 1.68. The van der Waals surface area contributed by atoms with Crippen molar-refractivity contribution in [2.24, 2.45) is 5.73 Å². The molecule has 2 N–H and O–H groups in total. The first-order valence-corrected chi connectivity index (χ1v) is 5.09. The van der Waals surface area contributed by atoms with E-state index in [2.05, 4.69) is 30.1 Å². The highest BCUT2D eigenvalue weighted by molar-refractivity contribution is 5.35. The van der Waals surface area contributed by atoms with Crippen LogP contribution < -0.4 is 5.73 Å². The van der Waals surface area contributed by atoms with E-state index in [1.54, 1.807) is 0 Å². The SMILES string of the molecule is Cc1cccc(-n2cnc(CCN)c2)c1. The molecule has 15 heavy (non-hydrogen) atoms. The molecule has 0 atom stereocenters. The summed E-state index contributed by atoms with van der Waals surface area (Å²) in [6.07, 6.45) is 4.69. The lowest BCUT2D eigenvalue weighted by Gasteiger charge is -2.02. The van der Waals surface area contributed by atoms with Gasteiger partial charge in [0.25, 0.3) is 0 Å². The van der Waals surface area contributed by atoms with E-state index in [1.165, 1.54) is 5.56 Å². The van der Waals surface area contributed by atoms with Crippen molar-refractivity contribution in [3.63, 3.8) is 0 Å². The topological polar surface area (TPSA) is 43.8 Å². The molecule has 0 aliphatic carbocycles. The summed E-state index contributed by atoms with van der Waals surface area (Å²) in [4.78, 5) is 4.29. The van der Waals surface area contributed by atoms with Gasteiger partial charge in [-0.15, -0.1) is 0 Å². The largest absolute Gasteiger partial charge is 0.330 e. The molecule has 1 aromatic carbocycles. The van der Waals surface area contributed by atoms with Gasteiger partial charge in [-0.3, -0.25) is 0 Å². The Bertz CT molecular complexity index is 446. The van der Waals surface area contributed by atoms with Crippen molar-refractivity contribution in [3.05, 3.63) is 48.0 Å². The summed E-state index contributed by atoms with van der Waals surface area (Å²) in [5.74, 6) is 0. The Morgan fingerprint density at radius 3 is 3.00 bits per heavy atom. The van der Waals surface area contributed by atoms with Crippen LogP contribution in [0, 0.1) is 6.92 Å². The number of imidazole rings is 1. The van der Waals surface area contributed by atoms with Crippen molar-refractivity contribution in [1.29, 1.82) is 0 Å². The highest BCUT2D eigenvalue weighted by Gasteiger charge is 1.99. The summed E-state index contributed by atoms with van der Waals surface area (Å²) >= 11 is 0. The number of aryl methyl sites for hydroxylation is 1. The molecule has 0 fully saturated rings. The molecular weight excluding hydrogens is 186 g/mol. The first kappa shape index (κ1) is 9.93. The summed E-state index contributed by atoms with van der Waals surface area (Å²) in [6, 6.07) is 8.34. The Labute approximate surface area is 89.6 Å². The lowest BCUT2D eigenvalue weighted by molar-refractivity contribution is 0.934. The smallest absolute Gasteiger partial charge is 0.0995 e. The molecule has 0 radical (unpaired) electrons. The second-order valence-electron chi connectivity index (χ2n) is 3.65. The van der Waals surface area contributed by atoms with Gasteiger partial charge < -0.3 is 10.3 Å². The summed E-state index contributed by atoms with van der Waals surface area (Å²) in [6.45, 7) is 2.73. The van der Waals surface area contributed by atoms with Gasteiger partial charge in [0.2, 0.25) is 0 Å². The van der Waals surface area contributed by atoms with Crippen LogP contribution in [0.3, 0.4) is 0 Å². The third kappa shape index (κ3) is 2.25. The van der Waals surface area contributed by atoms with Crippen LogP contribution in [0.1, 0.15) is 11.3 Å². The molecule has 0 unspecified atom stereocenters. The minimum atomic E-state index is 0.644. The minimum Gasteiger partial charge on any atom is -0.330 e. The Kier molecular flexibility index (Phi) is 2.83. The molecule has 3 nitrogen and oxygen atoms in total. The lowest BCUT2D eigenvalue weighted by atomic mass is 10.2. The summed E-state index contributed by atoms with van der Waals surface area (Å²) in [5, 5.41) is 0. The molecule has 3 heteroatoms. The summed E-state index contributed by atoms with van der Waals surface area (Å²) in [7, 11) is 0. The molecule has 1 aromatic heterocycles. The molecule has 0 aliphatic rings. The molecule has 0 spiro atoms. The van der Waals surface area contributed by atoms with Crippen molar-refractivity contribution in [3.8, 4) is 5.69 Å². The number of nitrogens with zero attached hydrogens (tertiary/aromatic N) is 2. The van der Waals surface area contributed by atoms with E-state index in [9.17, 15) is 0 Å². The number of aromatic nitrogens is 2. The summed E-state index contributed by atoms with van der Waals surface area (Å²) in [5.41, 5.74) is 8.92. The number of nitrogens with two attached hydrogens (primary N) is 1. The third-order valence-corrected chi connectivity index (χ3v) is 2.34. The van der Waals surface area contributed by atoms with Crippen LogP contribution in [-0.2, 0) is 6.42 Å². The van der Waals surface area contributed by atoms with Crippen LogP contribution in [0.4, 0.5) is 0 Å². The maximum atomic E-state index is 5.48. The van der Waals surface area contributed by atoms with Crippen molar-refractivity contribution < 1.29 is 0 Å². The van der Waals surface area contributed by atoms with Gasteiger partial charge in [-0.1, -0.05) is 12.1 Å². The molecule has 2 rings (SSSR count). The van der Waals surface area contributed by atoms with Gasteiger partial charge >= 0.3 is 0 Å². The minimum absolute atomic E-state index is 0.644. The second kappa shape index (κ2) is 4.28. The van der Waals surface area contributed by atoms with E-state index in [-0.39, 0.29) is 0 Å². The molecule has 0 amide bonds. The zero-order valence-corrected chi connectivity index (χ0v) is 8.85. The van der Waals surface area contributed by atoms with Crippen LogP contribution in [0.2, 0.25) is 0 Å². The molecule has 78 valence electrons. The van der Waals surface area contributed by atoms with Gasteiger partial charge in [-0.25, -0.2) is 4.98 Å². The van der Waals surface area contributed by atoms with Crippen molar-refractivity contribution in [2.75, 3.05) is 6.54 Å². The van der Waals surface area contributed by atoms with Crippen molar-refractivity contribution in [1.82, 2.24) is 9.55 Å². The van der Waals surface area contributed by atoms with Crippen LogP contribution >= 0.6 is 0 Å². The third-order valence-electron chi connectivity index (χ3n) is 2.34. The fourth-order valence-corrected chi connectivity index (χ4v) is 1.57. The first-order valence-electron chi connectivity index (χ1n) is 5.09. The fourth-order valence-electron chi connectivity index (χ4n) is 1.57. The van der Waals surface area contributed by atoms with Crippen molar-refractivity contribution >= 4 is 0 Å². The monoisotopic (exact) mass is 201 g/mol. The normalized spacial score (nSPS) is 10.5. The standard InChI is InChI=1S/C12H15N3/c1-10-3-2-4-12(7-10)15-8-11(5-6-13)14-9-15/h2-4,7-9H,5-6,13H2,1H3. The van der Waals surface area contributed by atoms with E-state index < -0.39 is 0 Å². The molecule has 1 heterocycles. The lowest BCUT2D eigenvalue weighted by Crippen LogP contribution is -2.02. The van der Waals surface area contributed by atoms with E-state index in [0.717, 1.165) is 17.8 Å². The van der Waals surface area contributed by atoms with Gasteiger partial charge in [-0.05, 0) is 31.2 Å². The van der Waals surface area contributed by atoms with Crippen molar-refractivity contribution in [2.45, 2.75) is 13.3 Å². The fraction of sp³-hybridized carbons (Fsp3) is 0.250. The molecule has 0 saturated carbocycles. The van der Waals surface area contributed by atoms with Gasteiger partial charge in [0, 0.05) is 18.3 Å². The number of rotatable bonds is 3. The van der Waals surface area contributed by atoms with E-state index in [1.807, 2.05) is 23.2 Å². The quantitative estimate of drug-likeness (QED) is 0.821. The maximum absolute atomic E-state index is 5.48. The maximum Gasteiger partial charge on any atom is 0.0995 e. The van der Waals surface area contributed by atoms with E-state index >= 15 is 0 Å². The average molecular weight is 201 g/mol. The van der Waals surface area contributed by atoms with Crippen LogP contribution in [0.5, 0.6) is 0 Å². The molecule has 0 saturated heterocycles. The van der Waals surface area contributed by atoms with Gasteiger partial charge in [0.05, 0.1) is 12.0 Å². The van der Waals surface area contributed by atoms with Crippen LogP contribution in [0.25, 0.3) is 5.69 Å². The average Bonchev–Trinajstić information content (AvgIpc) is 2.67. The Morgan fingerprint density at radius 1 is 1.40 bits per heavy atom. The van der Waals surface area contributed by atoms with Crippen LogP contribution in [-0.4, -0.2) is 16.1 Å². The highest BCUT2D eigenvalue weighted by Crippen LogP contribution is 2.10. The molecule has 2 aromatic rings. The summed E-state index contributed by atoms with van der Waals surface area (Å²) < 4.78 is 2.03. The van der Waals surface area contributed by atoms with E-state index in [0.29, 0.717) is 6.54 Å². The second-order valence-corrected chi connectivity index (χ2v) is 3.65. The Morgan fingerprint density at radius 2 is 2.27 bits per heavy atom. The van der Waals surface area contributed by atoms with Gasteiger partial charge in [0.15, 0.2) is 0 Å². The highest BCUT2D eigenvalue weighted by atomic mass is 15.0. The van der Waals surface area contributed by atoms with E-state index in [4.69, 9.17) is 5.73 Å². The van der Waals surface area contributed by atoms with Gasteiger partial charge in [0.1, 0.15) is 0 Å². The first-order chi connectivity index (χ1) is 7.29. The molecule has 0 aliphatic heterocycles.